The lowest BCUT2D eigenvalue weighted by Gasteiger charge is -2.21. The molecule has 0 spiro atoms. The van der Waals surface area contributed by atoms with Gasteiger partial charge in [-0.1, -0.05) is 11.6 Å². The number of pyridine rings is 1. The van der Waals surface area contributed by atoms with Crippen LogP contribution in [0.4, 0.5) is 5.82 Å². The number of benzene rings is 1. The molecule has 3 heterocycles. The molecule has 0 N–H and O–H groups in total. The maximum Gasteiger partial charge on any atom is 0.129 e. The average molecular weight is 397 g/mol. The third kappa shape index (κ3) is 2.54. The number of aromatic nitrogens is 1. The van der Waals surface area contributed by atoms with Crippen LogP contribution in [0.2, 0.25) is 5.02 Å². The highest BCUT2D eigenvalue weighted by atomic mass is 79.9. The van der Waals surface area contributed by atoms with Crippen LogP contribution in [-0.2, 0) is 18.0 Å². The Balaban J connectivity index is 1.77. The molecule has 6 heteroatoms. The number of ether oxygens (including phenoxy) is 1. The Morgan fingerprint density at radius 1 is 1.30 bits per heavy atom. The predicted molar refractivity (Wildman–Crippen MR) is 97.3 cm³/mol. The Morgan fingerprint density at radius 2 is 2.09 bits per heavy atom. The van der Waals surface area contributed by atoms with Crippen LogP contribution in [0.3, 0.4) is 0 Å². The van der Waals surface area contributed by atoms with Gasteiger partial charge in [-0.15, -0.1) is 0 Å². The smallest absolute Gasteiger partial charge is 0.129 e. The molecule has 122 valence electrons. The molecular weight excluding hydrogens is 378 g/mol. The SMILES string of the molecule is CN(C)[C@H]1CCN(c2ccc3c4c(c(Br)c(Cl)c3n2)COC4)C1. The van der Waals surface area contributed by atoms with Crippen molar-refractivity contribution in [1.82, 2.24) is 9.88 Å². The molecule has 0 radical (unpaired) electrons. The Hall–Kier alpha value is -0.880. The number of nitrogens with zero attached hydrogens (tertiary/aromatic N) is 3. The maximum absolute atomic E-state index is 6.58. The van der Waals surface area contributed by atoms with Crippen molar-refractivity contribution in [2.45, 2.75) is 25.7 Å². The van der Waals surface area contributed by atoms with Gasteiger partial charge >= 0.3 is 0 Å². The second kappa shape index (κ2) is 5.88. The first-order valence-electron chi connectivity index (χ1n) is 7.85. The summed E-state index contributed by atoms with van der Waals surface area (Å²) in [7, 11) is 4.28. The topological polar surface area (TPSA) is 28.6 Å². The molecular formula is C17H19BrClN3O. The van der Waals surface area contributed by atoms with Gasteiger partial charge in [-0.25, -0.2) is 4.98 Å². The first-order chi connectivity index (χ1) is 11.1. The van der Waals surface area contributed by atoms with Crippen molar-refractivity contribution in [2.75, 3.05) is 32.1 Å². The third-order valence-corrected chi connectivity index (χ3v) is 6.42. The van der Waals surface area contributed by atoms with Crippen molar-refractivity contribution in [3.8, 4) is 0 Å². The minimum Gasteiger partial charge on any atom is -0.372 e. The number of fused-ring (bicyclic) bond motifs is 3. The van der Waals surface area contributed by atoms with E-state index in [1.54, 1.807) is 0 Å². The molecule has 1 aromatic heterocycles. The third-order valence-electron chi connectivity index (χ3n) is 4.95. The second-order valence-corrected chi connectivity index (χ2v) is 7.67. The molecule has 4 rings (SSSR count). The molecule has 1 aromatic carbocycles. The highest BCUT2D eigenvalue weighted by Crippen LogP contribution is 2.41. The summed E-state index contributed by atoms with van der Waals surface area (Å²) >= 11 is 10.2. The second-order valence-electron chi connectivity index (χ2n) is 6.50. The maximum atomic E-state index is 6.58. The first kappa shape index (κ1) is 15.6. The number of hydrogen-bond donors (Lipinski definition) is 0. The van der Waals surface area contributed by atoms with Gasteiger partial charge < -0.3 is 14.5 Å². The van der Waals surface area contributed by atoms with Gasteiger partial charge in [-0.05, 0) is 59.7 Å². The molecule has 1 fully saturated rings. The van der Waals surface area contributed by atoms with E-state index in [1.165, 1.54) is 12.0 Å². The van der Waals surface area contributed by atoms with Crippen LogP contribution in [0, 0.1) is 0 Å². The quantitative estimate of drug-likeness (QED) is 0.771. The Labute approximate surface area is 149 Å². The Morgan fingerprint density at radius 3 is 2.83 bits per heavy atom. The van der Waals surface area contributed by atoms with Crippen LogP contribution in [0.5, 0.6) is 0 Å². The lowest BCUT2D eigenvalue weighted by Crippen LogP contribution is -2.31. The van der Waals surface area contributed by atoms with E-state index in [0.717, 1.165) is 39.8 Å². The van der Waals surface area contributed by atoms with Crippen molar-refractivity contribution in [2.24, 2.45) is 0 Å². The van der Waals surface area contributed by atoms with Crippen molar-refractivity contribution >= 4 is 44.3 Å². The standard InChI is InChI=1S/C17H19BrClN3O/c1-21(2)10-5-6-22(7-10)14-4-3-11-12-8-23-9-13(12)15(18)16(19)17(11)20-14/h3-4,10H,5-9H2,1-2H3/t10-/m0/s1. The van der Waals surface area contributed by atoms with E-state index in [2.05, 4.69) is 52.0 Å². The summed E-state index contributed by atoms with van der Waals surface area (Å²) < 4.78 is 6.52. The zero-order valence-corrected chi connectivity index (χ0v) is 15.6. The van der Waals surface area contributed by atoms with E-state index >= 15 is 0 Å². The van der Waals surface area contributed by atoms with Crippen molar-refractivity contribution in [1.29, 1.82) is 0 Å². The van der Waals surface area contributed by atoms with Gasteiger partial charge in [0.25, 0.3) is 0 Å². The molecule has 1 atom stereocenters. The minimum atomic E-state index is 0.586. The summed E-state index contributed by atoms with van der Waals surface area (Å²) in [6, 6.07) is 4.85. The van der Waals surface area contributed by atoms with Gasteiger partial charge in [-0.3, -0.25) is 0 Å². The van der Waals surface area contributed by atoms with E-state index < -0.39 is 0 Å². The molecule has 0 bridgehead atoms. The molecule has 2 aliphatic rings. The van der Waals surface area contributed by atoms with Crippen LogP contribution in [0.25, 0.3) is 10.9 Å². The number of likely N-dealkylation sites (N-methyl/N-ethyl adjacent to an activating group) is 1. The molecule has 1 saturated heterocycles. The summed E-state index contributed by atoms with van der Waals surface area (Å²) in [6.07, 6.45) is 1.17. The average Bonchev–Trinajstić information content (AvgIpc) is 3.21. The molecule has 0 saturated carbocycles. The van der Waals surface area contributed by atoms with Crippen molar-refractivity contribution in [3.63, 3.8) is 0 Å². The van der Waals surface area contributed by atoms with Crippen molar-refractivity contribution < 1.29 is 4.74 Å². The number of rotatable bonds is 2. The van der Waals surface area contributed by atoms with E-state index in [0.29, 0.717) is 24.3 Å². The van der Waals surface area contributed by atoms with Crippen LogP contribution in [0.15, 0.2) is 16.6 Å². The monoisotopic (exact) mass is 395 g/mol. The fraction of sp³-hybridized carbons (Fsp3) is 0.471. The van der Waals surface area contributed by atoms with Crippen LogP contribution >= 0.6 is 27.5 Å². The highest BCUT2D eigenvalue weighted by Gasteiger charge is 2.26. The number of anilines is 1. The fourth-order valence-corrected chi connectivity index (χ4v) is 4.31. The normalized spacial score (nSPS) is 20.7. The van der Waals surface area contributed by atoms with Crippen LogP contribution in [0.1, 0.15) is 17.5 Å². The van der Waals surface area contributed by atoms with E-state index in [1.807, 2.05) is 0 Å². The lowest BCUT2D eigenvalue weighted by atomic mass is 10.0. The number of hydrogen-bond acceptors (Lipinski definition) is 4. The molecule has 4 nitrogen and oxygen atoms in total. The summed E-state index contributed by atoms with van der Waals surface area (Å²) in [5, 5.41) is 1.80. The fourth-order valence-electron chi connectivity index (χ4n) is 3.51. The van der Waals surface area contributed by atoms with Crippen molar-refractivity contribution in [3.05, 3.63) is 32.8 Å². The summed E-state index contributed by atoms with van der Waals surface area (Å²) in [5.74, 6) is 1.01. The van der Waals surface area contributed by atoms with Crippen LogP contribution < -0.4 is 4.90 Å². The molecule has 0 unspecified atom stereocenters. The van der Waals surface area contributed by atoms with Gasteiger partial charge in [0.15, 0.2) is 0 Å². The zero-order chi connectivity index (χ0) is 16.1. The van der Waals surface area contributed by atoms with E-state index in [9.17, 15) is 0 Å². The molecule has 2 aliphatic heterocycles. The lowest BCUT2D eigenvalue weighted by molar-refractivity contribution is 0.134. The molecule has 0 amide bonds. The molecule has 2 aromatic rings. The van der Waals surface area contributed by atoms with E-state index in [-0.39, 0.29) is 0 Å². The number of halogens is 2. The van der Waals surface area contributed by atoms with Gasteiger partial charge in [-0.2, -0.15) is 0 Å². The van der Waals surface area contributed by atoms with Gasteiger partial charge in [0, 0.05) is 29.0 Å². The zero-order valence-electron chi connectivity index (χ0n) is 13.3. The largest absolute Gasteiger partial charge is 0.372 e. The molecule has 0 aliphatic carbocycles. The predicted octanol–water partition coefficient (Wildman–Crippen LogP) is 3.82. The van der Waals surface area contributed by atoms with Crippen LogP contribution in [-0.4, -0.2) is 43.1 Å². The highest BCUT2D eigenvalue weighted by molar-refractivity contribution is 9.10. The summed E-state index contributed by atoms with van der Waals surface area (Å²) in [6.45, 7) is 3.30. The van der Waals surface area contributed by atoms with Gasteiger partial charge in [0.05, 0.1) is 23.8 Å². The van der Waals surface area contributed by atoms with Gasteiger partial charge in [0.2, 0.25) is 0 Å². The minimum absolute atomic E-state index is 0.586. The van der Waals surface area contributed by atoms with E-state index in [4.69, 9.17) is 21.3 Å². The Kier molecular flexibility index (Phi) is 4.00. The summed E-state index contributed by atoms with van der Waals surface area (Å²) in [5.41, 5.74) is 3.24. The Bertz CT molecular complexity index is 780. The first-order valence-corrected chi connectivity index (χ1v) is 9.02. The summed E-state index contributed by atoms with van der Waals surface area (Å²) in [4.78, 5) is 9.51. The molecule has 23 heavy (non-hydrogen) atoms. The van der Waals surface area contributed by atoms with Gasteiger partial charge in [0.1, 0.15) is 5.82 Å².